The van der Waals surface area contributed by atoms with Crippen LogP contribution >= 0.6 is 0 Å². The molecule has 0 spiro atoms. The van der Waals surface area contributed by atoms with Crippen molar-refractivity contribution in [2.45, 2.75) is 50.8 Å². The molecule has 2 aromatic carbocycles. The normalized spacial score (nSPS) is 20.0. The van der Waals surface area contributed by atoms with Crippen LogP contribution in [-0.2, 0) is 32.1 Å². The maximum absolute atomic E-state index is 13.1. The van der Waals surface area contributed by atoms with E-state index in [1.807, 2.05) is 60.7 Å². The molecule has 4 amide bonds. The van der Waals surface area contributed by atoms with Gasteiger partial charge in [-0.15, -0.1) is 4.99 Å². The Kier molecular flexibility index (Phi) is 8.50. The van der Waals surface area contributed by atoms with Gasteiger partial charge in [0.15, 0.2) is 0 Å². The summed E-state index contributed by atoms with van der Waals surface area (Å²) in [6.07, 6.45) is 1.56. The van der Waals surface area contributed by atoms with Crippen molar-refractivity contribution in [3.8, 4) is 0 Å². The molecule has 0 bridgehead atoms. The number of aliphatic imine (C=N–C) groups is 1. The van der Waals surface area contributed by atoms with Crippen molar-refractivity contribution >= 4 is 29.8 Å². The molecule has 2 aliphatic heterocycles. The first-order valence-electron chi connectivity index (χ1n) is 12.4. The quantitative estimate of drug-likeness (QED) is 0.455. The van der Waals surface area contributed by atoms with Gasteiger partial charge in [-0.25, -0.2) is 4.79 Å². The van der Waals surface area contributed by atoms with Crippen molar-refractivity contribution < 1.29 is 23.9 Å². The van der Waals surface area contributed by atoms with Crippen molar-refractivity contribution in [3.63, 3.8) is 0 Å². The first-order chi connectivity index (χ1) is 17.9. The lowest BCUT2D eigenvalue weighted by Crippen LogP contribution is -2.58. The van der Waals surface area contributed by atoms with Gasteiger partial charge in [-0.2, -0.15) is 0 Å². The van der Waals surface area contributed by atoms with E-state index >= 15 is 0 Å². The molecule has 37 heavy (non-hydrogen) atoms. The standard InChI is InChI=1S/C27H31N5O5/c28-26(30-27(36)37-18-20-11-5-2-6-12-20)32-16-7-13-21(25(32)35)29-24(34)22-14-8-15-31(22)23(33)17-19-9-3-1-4-10-19/h1-6,9-12,21-22H,7-8,13-18H2,(H,29,34)(H2,28,30,36)/t21-,22-/m0/s1. The molecule has 10 heteroatoms. The number of nitrogens with two attached hydrogens (primary N) is 1. The molecule has 0 saturated carbocycles. The summed E-state index contributed by atoms with van der Waals surface area (Å²) in [6.45, 7) is 0.806. The van der Waals surface area contributed by atoms with Gasteiger partial charge in [-0.3, -0.25) is 19.3 Å². The van der Waals surface area contributed by atoms with Crippen LogP contribution in [0.4, 0.5) is 4.79 Å². The van der Waals surface area contributed by atoms with E-state index in [2.05, 4.69) is 10.3 Å². The van der Waals surface area contributed by atoms with E-state index in [4.69, 9.17) is 10.5 Å². The van der Waals surface area contributed by atoms with Crippen LogP contribution in [0.1, 0.15) is 36.8 Å². The highest BCUT2D eigenvalue weighted by molar-refractivity contribution is 6.03. The second-order valence-electron chi connectivity index (χ2n) is 9.11. The molecule has 2 heterocycles. The van der Waals surface area contributed by atoms with Crippen molar-refractivity contribution in [1.29, 1.82) is 0 Å². The smallest absolute Gasteiger partial charge is 0.437 e. The lowest BCUT2D eigenvalue weighted by atomic mass is 10.0. The summed E-state index contributed by atoms with van der Waals surface area (Å²) in [5.41, 5.74) is 7.63. The van der Waals surface area contributed by atoms with E-state index in [1.54, 1.807) is 4.90 Å². The predicted octanol–water partition coefficient (Wildman–Crippen LogP) is 1.98. The number of ether oxygens (including phenoxy) is 1. The summed E-state index contributed by atoms with van der Waals surface area (Å²) in [5, 5.41) is 2.79. The number of amides is 4. The van der Waals surface area contributed by atoms with E-state index in [0.29, 0.717) is 32.2 Å². The topological polar surface area (TPSA) is 134 Å². The molecule has 2 aliphatic rings. The van der Waals surface area contributed by atoms with E-state index < -0.39 is 24.1 Å². The predicted molar refractivity (Wildman–Crippen MR) is 136 cm³/mol. The zero-order valence-electron chi connectivity index (χ0n) is 20.5. The van der Waals surface area contributed by atoms with Crippen LogP contribution in [0.5, 0.6) is 0 Å². The highest BCUT2D eigenvalue weighted by Gasteiger charge is 2.38. The number of benzene rings is 2. The molecule has 194 valence electrons. The van der Waals surface area contributed by atoms with Gasteiger partial charge in [0.25, 0.3) is 5.91 Å². The third-order valence-corrected chi connectivity index (χ3v) is 6.52. The fraction of sp³-hybridized carbons (Fsp3) is 0.370. The average Bonchev–Trinajstić information content (AvgIpc) is 3.40. The number of likely N-dealkylation sites (tertiary alicyclic amines) is 2. The van der Waals surface area contributed by atoms with Crippen molar-refractivity contribution in [3.05, 3.63) is 71.8 Å². The van der Waals surface area contributed by atoms with Crippen LogP contribution in [0.2, 0.25) is 0 Å². The summed E-state index contributed by atoms with van der Waals surface area (Å²) in [5.74, 6) is -1.21. The number of hydrogen-bond donors (Lipinski definition) is 2. The Morgan fingerprint density at radius 3 is 2.30 bits per heavy atom. The summed E-state index contributed by atoms with van der Waals surface area (Å²) >= 11 is 0. The third kappa shape index (κ3) is 6.72. The van der Waals surface area contributed by atoms with Crippen LogP contribution in [0, 0.1) is 0 Å². The number of guanidine groups is 1. The van der Waals surface area contributed by atoms with E-state index in [9.17, 15) is 19.2 Å². The second kappa shape index (κ2) is 12.2. The minimum Gasteiger partial charge on any atom is -0.443 e. The minimum atomic E-state index is -0.904. The number of hydrogen-bond acceptors (Lipinski definition) is 5. The zero-order chi connectivity index (χ0) is 26.2. The fourth-order valence-electron chi connectivity index (χ4n) is 4.62. The Morgan fingerprint density at radius 1 is 0.946 bits per heavy atom. The van der Waals surface area contributed by atoms with Gasteiger partial charge in [-0.1, -0.05) is 60.7 Å². The first kappa shape index (κ1) is 25.9. The number of carbonyl (C=O) groups excluding carboxylic acids is 4. The molecule has 0 radical (unpaired) electrons. The molecule has 2 aromatic rings. The maximum atomic E-state index is 13.1. The Hall–Kier alpha value is -4.21. The highest BCUT2D eigenvalue weighted by atomic mass is 16.5. The number of nitrogens with one attached hydrogen (secondary N) is 1. The molecule has 2 saturated heterocycles. The minimum absolute atomic E-state index is 0.0317. The molecular weight excluding hydrogens is 474 g/mol. The van der Waals surface area contributed by atoms with Gasteiger partial charge >= 0.3 is 6.09 Å². The Labute approximate surface area is 215 Å². The first-order valence-corrected chi connectivity index (χ1v) is 12.4. The molecular formula is C27H31N5O5. The number of rotatable bonds is 6. The van der Waals surface area contributed by atoms with Gasteiger partial charge in [0, 0.05) is 13.1 Å². The van der Waals surface area contributed by atoms with Gasteiger partial charge in [0.05, 0.1) is 6.42 Å². The molecule has 0 unspecified atom stereocenters. The monoisotopic (exact) mass is 505 g/mol. The van der Waals surface area contributed by atoms with Crippen LogP contribution in [-0.4, -0.2) is 64.7 Å². The third-order valence-electron chi connectivity index (χ3n) is 6.52. The van der Waals surface area contributed by atoms with Gasteiger partial charge in [0.1, 0.15) is 18.7 Å². The van der Waals surface area contributed by atoms with Gasteiger partial charge in [0.2, 0.25) is 17.8 Å². The largest absolute Gasteiger partial charge is 0.443 e. The van der Waals surface area contributed by atoms with Gasteiger partial charge in [-0.05, 0) is 36.8 Å². The molecule has 2 atom stereocenters. The van der Waals surface area contributed by atoms with Crippen LogP contribution in [0.3, 0.4) is 0 Å². The van der Waals surface area contributed by atoms with Crippen LogP contribution < -0.4 is 11.1 Å². The van der Waals surface area contributed by atoms with E-state index in [1.165, 1.54) is 4.90 Å². The number of nitrogens with zero attached hydrogens (tertiary/aromatic N) is 3. The van der Waals surface area contributed by atoms with Crippen molar-refractivity contribution in [2.24, 2.45) is 10.7 Å². The summed E-state index contributed by atoms with van der Waals surface area (Å²) in [7, 11) is 0. The van der Waals surface area contributed by atoms with Gasteiger partial charge < -0.3 is 20.7 Å². The second-order valence-corrected chi connectivity index (χ2v) is 9.11. The Bertz CT molecular complexity index is 1150. The molecule has 2 fully saturated rings. The zero-order valence-corrected chi connectivity index (χ0v) is 20.5. The molecule has 4 rings (SSSR count). The Morgan fingerprint density at radius 2 is 1.59 bits per heavy atom. The summed E-state index contributed by atoms with van der Waals surface area (Å²) in [6, 6.07) is 17.1. The SMILES string of the molecule is N/C(=N\C(=O)OCc1ccccc1)N1CCC[C@H](NC(=O)[C@@H]2CCCN2C(=O)Cc2ccccc2)C1=O. The molecule has 10 nitrogen and oxygen atoms in total. The molecule has 0 aliphatic carbocycles. The number of piperidine rings is 1. The molecule has 3 N–H and O–H groups in total. The van der Waals surface area contributed by atoms with Crippen molar-refractivity contribution in [1.82, 2.24) is 15.1 Å². The summed E-state index contributed by atoms with van der Waals surface area (Å²) in [4.78, 5) is 57.6. The average molecular weight is 506 g/mol. The molecule has 0 aromatic heterocycles. The van der Waals surface area contributed by atoms with E-state index in [0.717, 1.165) is 11.1 Å². The lowest BCUT2D eigenvalue weighted by molar-refractivity contribution is -0.140. The highest BCUT2D eigenvalue weighted by Crippen LogP contribution is 2.20. The Balaban J connectivity index is 1.33. The van der Waals surface area contributed by atoms with E-state index in [-0.39, 0.29) is 37.3 Å². The summed E-state index contributed by atoms with van der Waals surface area (Å²) < 4.78 is 5.11. The fourth-order valence-corrected chi connectivity index (χ4v) is 4.62. The maximum Gasteiger partial charge on any atom is 0.437 e. The number of carbonyl (C=O) groups is 4. The van der Waals surface area contributed by atoms with Crippen molar-refractivity contribution in [2.75, 3.05) is 13.1 Å². The lowest BCUT2D eigenvalue weighted by Gasteiger charge is -2.33. The van der Waals surface area contributed by atoms with Crippen LogP contribution in [0.25, 0.3) is 0 Å². The van der Waals surface area contributed by atoms with Crippen LogP contribution in [0.15, 0.2) is 65.7 Å².